The minimum absolute atomic E-state index is 0.378. The van der Waals surface area contributed by atoms with Gasteiger partial charge in [0.2, 0.25) is 0 Å². The summed E-state index contributed by atoms with van der Waals surface area (Å²) in [5.74, 6) is -13.5. The molecule has 0 atom stereocenters. The Hall–Kier alpha value is -5.35. The van der Waals surface area contributed by atoms with Crippen LogP contribution in [0.2, 0.25) is 0 Å². The summed E-state index contributed by atoms with van der Waals surface area (Å²) in [5.41, 5.74) is -11.0. The number of ether oxygens (including phenoxy) is 2. The van der Waals surface area contributed by atoms with Gasteiger partial charge in [-0.3, -0.25) is 0 Å². The van der Waals surface area contributed by atoms with Gasteiger partial charge in [-0.1, -0.05) is 12.1 Å². The molecule has 0 saturated carbocycles. The molecule has 0 amide bonds. The molecule has 17 heteroatoms. The van der Waals surface area contributed by atoms with Crippen LogP contribution in [0, 0.1) is 0 Å². The first-order chi connectivity index (χ1) is 19.4. The lowest BCUT2D eigenvalue weighted by atomic mass is 9.99. The molecular weight excluding hydrogens is 593 g/mol. The first kappa shape index (κ1) is 31.2. The van der Waals surface area contributed by atoms with E-state index in [0.29, 0.717) is 24.3 Å². The molecule has 3 rings (SSSR count). The van der Waals surface area contributed by atoms with Gasteiger partial charge in [0, 0.05) is 5.56 Å². The Bertz CT molecular complexity index is 1610. The van der Waals surface area contributed by atoms with Crippen LogP contribution in [-0.2, 0) is 19.0 Å². The number of alkyl halides is 7. The number of carboxylic acid groups (broad SMARTS) is 4. The van der Waals surface area contributed by atoms with Gasteiger partial charge in [0.25, 0.3) is 0 Å². The summed E-state index contributed by atoms with van der Waals surface area (Å²) < 4.78 is 108. The molecule has 0 aromatic heterocycles. The molecule has 0 spiro atoms. The van der Waals surface area contributed by atoms with E-state index in [1.165, 1.54) is 0 Å². The second kappa shape index (κ2) is 11.3. The number of hydrogen-bond donors (Lipinski definition) is 4. The zero-order chi connectivity index (χ0) is 31.7. The Morgan fingerprint density at radius 2 is 1.02 bits per heavy atom. The average molecular weight is 606 g/mol. The highest BCUT2D eigenvalue weighted by atomic mass is 19.4. The number of benzene rings is 3. The highest BCUT2D eigenvalue weighted by molar-refractivity contribution is 6.04. The van der Waals surface area contributed by atoms with Gasteiger partial charge in [-0.2, -0.15) is 26.3 Å². The molecule has 0 bridgehead atoms. The maximum atomic E-state index is 14.0. The molecule has 3 aromatic rings. The summed E-state index contributed by atoms with van der Waals surface area (Å²) in [6, 6.07) is 4.30. The summed E-state index contributed by atoms with van der Waals surface area (Å²) >= 11 is 0. The van der Waals surface area contributed by atoms with E-state index in [9.17, 15) is 65.2 Å². The van der Waals surface area contributed by atoms with Crippen LogP contribution in [0.5, 0.6) is 23.0 Å². The van der Waals surface area contributed by atoms with E-state index in [-0.39, 0.29) is 0 Å². The van der Waals surface area contributed by atoms with Crippen molar-refractivity contribution in [1.29, 1.82) is 0 Å². The van der Waals surface area contributed by atoms with Gasteiger partial charge in [-0.05, 0) is 30.3 Å². The highest BCUT2D eigenvalue weighted by Crippen LogP contribution is 2.47. The normalized spacial score (nSPS) is 11.6. The molecule has 42 heavy (non-hydrogen) atoms. The number of halogens is 7. The first-order valence-corrected chi connectivity index (χ1v) is 10.8. The second-order valence-corrected chi connectivity index (χ2v) is 8.02. The third-order valence-corrected chi connectivity index (χ3v) is 5.43. The lowest BCUT2D eigenvalue weighted by Crippen LogP contribution is -2.19. The summed E-state index contributed by atoms with van der Waals surface area (Å²) in [7, 11) is 0. The summed E-state index contributed by atoms with van der Waals surface area (Å²) in [5, 5.41) is 37.0. The minimum atomic E-state index is -5.59. The molecule has 0 aliphatic heterocycles. The Morgan fingerprint density at radius 1 is 0.595 bits per heavy atom. The maximum absolute atomic E-state index is 14.0. The van der Waals surface area contributed by atoms with Crippen molar-refractivity contribution in [3.63, 3.8) is 0 Å². The fourth-order valence-electron chi connectivity index (χ4n) is 3.79. The van der Waals surface area contributed by atoms with E-state index in [1.807, 2.05) is 0 Å². The standard InChI is InChI=1S/C25H13F7O10/c26-8-9-2-1-3-14(41-12-6-4-10(20(33)34)15(22(37)38)17(12)24(27,28)29)19(9)42-13-7-5-11(21(35)36)16(23(39)40)18(13)25(30,31)32/h1-7H,8H2,(H,33,34)(H,35,36)(H,37,38)(H,39,40). The van der Waals surface area contributed by atoms with Crippen molar-refractivity contribution >= 4 is 23.9 Å². The molecule has 0 unspecified atom stereocenters. The number of rotatable bonds is 9. The van der Waals surface area contributed by atoms with Crippen LogP contribution in [0.1, 0.15) is 58.1 Å². The van der Waals surface area contributed by atoms with E-state index < -0.39 is 105 Å². The zero-order valence-corrected chi connectivity index (χ0v) is 20.1. The first-order valence-electron chi connectivity index (χ1n) is 10.8. The van der Waals surface area contributed by atoms with Crippen molar-refractivity contribution in [3.05, 3.63) is 81.4 Å². The lowest BCUT2D eigenvalue weighted by Gasteiger charge is -2.21. The van der Waals surface area contributed by atoms with Gasteiger partial charge in [0.15, 0.2) is 11.5 Å². The fraction of sp³-hybridized carbons (Fsp3) is 0.120. The van der Waals surface area contributed by atoms with Crippen molar-refractivity contribution in [2.24, 2.45) is 0 Å². The van der Waals surface area contributed by atoms with E-state index in [4.69, 9.17) is 14.6 Å². The third-order valence-electron chi connectivity index (χ3n) is 5.43. The predicted octanol–water partition coefficient (Wildman–Crippen LogP) is 6.57. The van der Waals surface area contributed by atoms with Crippen LogP contribution in [0.15, 0.2) is 42.5 Å². The van der Waals surface area contributed by atoms with Gasteiger partial charge in [-0.25, -0.2) is 23.6 Å². The van der Waals surface area contributed by atoms with Gasteiger partial charge in [-0.15, -0.1) is 0 Å². The predicted molar refractivity (Wildman–Crippen MR) is 122 cm³/mol. The van der Waals surface area contributed by atoms with Gasteiger partial charge in [0.05, 0.1) is 22.3 Å². The van der Waals surface area contributed by atoms with Crippen molar-refractivity contribution in [2.75, 3.05) is 0 Å². The van der Waals surface area contributed by atoms with Crippen LogP contribution in [-0.4, -0.2) is 44.3 Å². The Kier molecular flexibility index (Phi) is 8.36. The molecule has 222 valence electrons. The van der Waals surface area contributed by atoms with Crippen molar-refractivity contribution in [1.82, 2.24) is 0 Å². The molecular formula is C25H13F7O10. The third kappa shape index (κ3) is 6.03. The smallest absolute Gasteiger partial charge is 0.420 e. The number of para-hydroxylation sites is 1. The maximum Gasteiger partial charge on any atom is 0.420 e. The molecule has 10 nitrogen and oxygen atoms in total. The SMILES string of the molecule is O=C(O)c1ccc(Oc2cccc(CF)c2Oc2ccc(C(=O)O)c(C(=O)O)c2C(F)(F)F)c(C(F)(F)F)c1C(=O)O. The molecule has 0 heterocycles. The number of carboxylic acids is 4. The second-order valence-electron chi connectivity index (χ2n) is 8.02. The minimum Gasteiger partial charge on any atom is -0.478 e. The lowest BCUT2D eigenvalue weighted by molar-refractivity contribution is -0.140. The van der Waals surface area contributed by atoms with Gasteiger partial charge >= 0.3 is 36.2 Å². The van der Waals surface area contributed by atoms with Crippen molar-refractivity contribution in [3.8, 4) is 23.0 Å². The summed E-state index contributed by atoms with van der Waals surface area (Å²) in [6.07, 6.45) is -11.2. The number of carbonyl (C=O) groups is 4. The van der Waals surface area contributed by atoms with Crippen molar-refractivity contribution in [2.45, 2.75) is 19.0 Å². The molecule has 0 fully saturated rings. The van der Waals surface area contributed by atoms with Gasteiger partial charge < -0.3 is 29.9 Å². The Balaban J connectivity index is 2.32. The van der Waals surface area contributed by atoms with E-state index in [0.717, 1.165) is 18.2 Å². The molecule has 4 N–H and O–H groups in total. The molecule has 0 radical (unpaired) electrons. The van der Waals surface area contributed by atoms with Crippen molar-refractivity contribution < 1.29 is 79.8 Å². The topological polar surface area (TPSA) is 168 Å². The van der Waals surface area contributed by atoms with E-state index in [1.54, 1.807) is 0 Å². The van der Waals surface area contributed by atoms with Crippen LogP contribution in [0.4, 0.5) is 30.7 Å². The zero-order valence-electron chi connectivity index (χ0n) is 20.1. The van der Waals surface area contributed by atoms with E-state index >= 15 is 0 Å². The average Bonchev–Trinajstić information content (AvgIpc) is 2.87. The molecule has 0 aliphatic rings. The van der Waals surface area contributed by atoms with Crippen LogP contribution in [0.25, 0.3) is 0 Å². The Labute approximate surface area is 227 Å². The summed E-state index contributed by atoms with van der Waals surface area (Å²) in [6.45, 7) is -1.53. The molecule has 0 saturated heterocycles. The number of hydrogen-bond acceptors (Lipinski definition) is 6. The quantitative estimate of drug-likeness (QED) is 0.196. The molecule has 0 aliphatic carbocycles. The van der Waals surface area contributed by atoms with Crippen LogP contribution >= 0.6 is 0 Å². The highest BCUT2D eigenvalue weighted by Gasteiger charge is 2.43. The van der Waals surface area contributed by atoms with Crippen LogP contribution in [0.3, 0.4) is 0 Å². The largest absolute Gasteiger partial charge is 0.478 e. The monoisotopic (exact) mass is 606 g/mol. The van der Waals surface area contributed by atoms with E-state index in [2.05, 4.69) is 0 Å². The summed E-state index contributed by atoms with van der Waals surface area (Å²) in [4.78, 5) is 46.0. The van der Waals surface area contributed by atoms with Crippen LogP contribution < -0.4 is 9.47 Å². The number of aromatic carboxylic acids is 4. The molecule has 3 aromatic carbocycles. The fourth-order valence-corrected chi connectivity index (χ4v) is 3.79. The van der Waals surface area contributed by atoms with Gasteiger partial charge in [0.1, 0.15) is 29.3 Å². The Morgan fingerprint density at radius 3 is 1.38 bits per heavy atom.